The molecule has 1 N–H and O–H groups in total. The Morgan fingerprint density at radius 3 is 3.00 bits per heavy atom. The van der Waals surface area contributed by atoms with Gasteiger partial charge in [0.15, 0.2) is 0 Å². The second kappa shape index (κ2) is 2.94. The van der Waals surface area contributed by atoms with Crippen molar-refractivity contribution in [2.45, 2.75) is 0 Å². The quantitative estimate of drug-likeness (QED) is 0.720. The van der Waals surface area contributed by atoms with Crippen molar-refractivity contribution in [2.75, 3.05) is 7.11 Å². The molecule has 1 aromatic carbocycles. The Kier molecular flexibility index (Phi) is 1.77. The first kappa shape index (κ1) is 7.86. The van der Waals surface area contributed by atoms with E-state index in [1.165, 1.54) is 0 Å². The number of aromatic hydroxyl groups is 1. The number of fused-ring (bicyclic) bond motifs is 1. The predicted molar refractivity (Wildman–Crippen MR) is 50.0 cm³/mol. The fraction of sp³-hybridized carbons (Fsp3) is 0.100. The van der Waals surface area contributed by atoms with E-state index in [1.807, 2.05) is 12.1 Å². The number of phenols is 1. The van der Waals surface area contributed by atoms with Crippen molar-refractivity contribution in [3.8, 4) is 11.5 Å². The van der Waals surface area contributed by atoms with Crippen LogP contribution < -0.4 is 4.74 Å². The lowest BCUT2D eigenvalue weighted by Gasteiger charge is -2.02. The summed E-state index contributed by atoms with van der Waals surface area (Å²) in [6, 6.07) is 7.10. The largest absolute Gasteiger partial charge is 0.506 e. The number of nitrogens with zero attached hydrogens (tertiary/aromatic N) is 1. The van der Waals surface area contributed by atoms with Crippen LogP contribution in [0.15, 0.2) is 30.5 Å². The van der Waals surface area contributed by atoms with Crippen LogP contribution >= 0.6 is 0 Å². The molecule has 0 spiro atoms. The van der Waals surface area contributed by atoms with Crippen LogP contribution in [0.5, 0.6) is 11.5 Å². The van der Waals surface area contributed by atoms with Crippen LogP contribution in [-0.4, -0.2) is 17.2 Å². The van der Waals surface area contributed by atoms with Gasteiger partial charge >= 0.3 is 0 Å². The van der Waals surface area contributed by atoms with Crippen LogP contribution in [0.25, 0.3) is 10.9 Å². The van der Waals surface area contributed by atoms with Crippen LogP contribution in [0.1, 0.15) is 0 Å². The van der Waals surface area contributed by atoms with Crippen molar-refractivity contribution in [3.63, 3.8) is 0 Å². The highest BCUT2D eigenvalue weighted by Gasteiger charge is 2.00. The topological polar surface area (TPSA) is 42.4 Å². The number of aromatic nitrogens is 1. The van der Waals surface area contributed by atoms with Crippen LogP contribution in [0.3, 0.4) is 0 Å². The molecule has 0 atom stereocenters. The Labute approximate surface area is 75.6 Å². The number of rotatable bonds is 1. The van der Waals surface area contributed by atoms with Gasteiger partial charge in [-0.2, -0.15) is 0 Å². The summed E-state index contributed by atoms with van der Waals surface area (Å²) < 4.78 is 5.02. The average Bonchev–Trinajstić information content (AvgIpc) is 2.18. The molecule has 0 bridgehead atoms. The molecule has 0 fully saturated rings. The molecule has 3 nitrogen and oxygen atoms in total. The third-order valence-electron chi connectivity index (χ3n) is 1.90. The Morgan fingerprint density at radius 2 is 2.23 bits per heavy atom. The Balaban J connectivity index is 2.72. The van der Waals surface area contributed by atoms with Gasteiger partial charge in [0.25, 0.3) is 0 Å². The van der Waals surface area contributed by atoms with E-state index < -0.39 is 0 Å². The number of ether oxygens (including phenoxy) is 1. The predicted octanol–water partition coefficient (Wildman–Crippen LogP) is 1.95. The molecule has 1 heterocycles. The van der Waals surface area contributed by atoms with Gasteiger partial charge in [0.1, 0.15) is 17.0 Å². The number of pyridine rings is 1. The summed E-state index contributed by atoms with van der Waals surface area (Å²) >= 11 is 0. The van der Waals surface area contributed by atoms with Crippen LogP contribution in [-0.2, 0) is 0 Å². The van der Waals surface area contributed by atoms with Gasteiger partial charge in [0.05, 0.1) is 13.3 Å². The van der Waals surface area contributed by atoms with Gasteiger partial charge in [-0.25, -0.2) is 4.98 Å². The number of hydrogen-bond donors (Lipinski definition) is 1. The molecule has 0 unspecified atom stereocenters. The zero-order valence-electron chi connectivity index (χ0n) is 7.19. The number of phenolic OH excluding ortho intramolecular Hbond substituents is 1. The summed E-state index contributed by atoms with van der Waals surface area (Å²) in [5, 5.41) is 10.3. The van der Waals surface area contributed by atoms with E-state index in [2.05, 4.69) is 4.98 Å². The minimum absolute atomic E-state index is 0.195. The van der Waals surface area contributed by atoms with E-state index in [0.717, 1.165) is 5.39 Å². The Hall–Kier alpha value is -1.77. The van der Waals surface area contributed by atoms with Crippen molar-refractivity contribution >= 4 is 10.9 Å². The molecule has 13 heavy (non-hydrogen) atoms. The van der Waals surface area contributed by atoms with E-state index in [4.69, 9.17) is 4.74 Å². The zero-order valence-corrected chi connectivity index (χ0v) is 7.19. The third kappa shape index (κ3) is 1.28. The maximum absolute atomic E-state index is 9.43. The molecule has 0 aliphatic rings. The van der Waals surface area contributed by atoms with E-state index in [0.29, 0.717) is 11.3 Å². The second-order valence-corrected chi connectivity index (χ2v) is 2.72. The number of methoxy groups -OCH3 is 1. The summed E-state index contributed by atoms with van der Waals surface area (Å²) in [7, 11) is 1.59. The lowest BCUT2D eigenvalue weighted by atomic mass is 10.2. The molecule has 0 saturated carbocycles. The van der Waals surface area contributed by atoms with Crippen LogP contribution in [0, 0.1) is 0 Å². The highest BCUT2D eigenvalue weighted by molar-refractivity contribution is 5.84. The zero-order chi connectivity index (χ0) is 9.26. The fourth-order valence-electron chi connectivity index (χ4n) is 1.24. The van der Waals surface area contributed by atoms with E-state index in [9.17, 15) is 5.11 Å². The smallest absolute Gasteiger partial charge is 0.141 e. The summed E-state index contributed by atoms with van der Waals surface area (Å²) in [4.78, 5) is 4.08. The van der Waals surface area contributed by atoms with Crippen LogP contribution in [0.2, 0.25) is 0 Å². The summed E-state index contributed by atoms with van der Waals surface area (Å²) in [5.74, 6) is 0.887. The molecule has 2 rings (SSSR count). The number of benzene rings is 1. The van der Waals surface area contributed by atoms with E-state index >= 15 is 0 Å². The van der Waals surface area contributed by atoms with Gasteiger partial charge in [-0.1, -0.05) is 12.1 Å². The highest BCUT2D eigenvalue weighted by Crippen LogP contribution is 2.24. The van der Waals surface area contributed by atoms with Gasteiger partial charge in [0.2, 0.25) is 0 Å². The minimum Gasteiger partial charge on any atom is -0.506 e. The summed E-state index contributed by atoms with van der Waals surface area (Å²) in [6.45, 7) is 0. The maximum Gasteiger partial charge on any atom is 0.141 e. The average molecular weight is 175 g/mol. The molecule has 0 aliphatic carbocycles. The molecular formula is C10H9NO2. The van der Waals surface area contributed by atoms with Crippen molar-refractivity contribution in [1.82, 2.24) is 4.98 Å². The van der Waals surface area contributed by atoms with E-state index in [1.54, 1.807) is 25.4 Å². The number of para-hydroxylation sites is 1. The van der Waals surface area contributed by atoms with Crippen molar-refractivity contribution < 1.29 is 9.84 Å². The van der Waals surface area contributed by atoms with Gasteiger partial charge in [0, 0.05) is 5.39 Å². The van der Waals surface area contributed by atoms with E-state index in [-0.39, 0.29) is 5.75 Å². The van der Waals surface area contributed by atoms with Crippen molar-refractivity contribution in [2.24, 2.45) is 0 Å². The minimum atomic E-state index is 0.195. The molecule has 3 heteroatoms. The van der Waals surface area contributed by atoms with Gasteiger partial charge in [-0.15, -0.1) is 0 Å². The molecule has 0 saturated heterocycles. The first-order valence-corrected chi connectivity index (χ1v) is 3.93. The van der Waals surface area contributed by atoms with Gasteiger partial charge < -0.3 is 9.84 Å². The first-order valence-electron chi connectivity index (χ1n) is 3.93. The molecule has 0 radical (unpaired) electrons. The monoisotopic (exact) mass is 175 g/mol. The SMILES string of the molecule is COc1cnc2c(O)cccc2c1. The standard InChI is InChI=1S/C10H9NO2/c1-13-8-5-7-3-2-4-9(12)10(7)11-6-8/h2-6,12H,1H3. The van der Waals surface area contributed by atoms with Gasteiger partial charge in [-0.3, -0.25) is 0 Å². The fourth-order valence-corrected chi connectivity index (χ4v) is 1.24. The number of hydrogen-bond acceptors (Lipinski definition) is 3. The third-order valence-corrected chi connectivity index (χ3v) is 1.90. The second-order valence-electron chi connectivity index (χ2n) is 2.72. The molecule has 0 aliphatic heterocycles. The molecular weight excluding hydrogens is 166 g/mol. The molecule has 2 aromatic rings. The maximum atomic E-state index is 9.43. The molecule has 66 valence electrons. The molecule has 1 aromatic heterocycles. The van der Waals surface area contributed by atoms with Crippen molar-refractivity contribution in [1.29, 1.82) is 0 Å². The first-order chi connectivity index (χ1) is 6.31. The normalized spacial score (nSPS) is 10.2. The summed E-state index contributed by atoms with van der Waals surface area (Å²) in [6.07, 6.45) is 1.59. The highest BCUT2D eigenvalue weighted by atomic mass is 16.5. The van der Waals surface area contributed by atoms with Crippen molar-refractivity contribution in [3.05, 3.63) is 30.5 Å². The Bertz CT molecular complexity index is 440. The lowest BCUT2D eigenvalue weighted by molar-refractivity contribution is 0.413. The Morgan fingerprint density at radius 1 is 1.38 bits per heavy atom. The molecule has 0 amide bonds. The lowest BCUT2D eigenvalue weighted by Crippen LogP contribution is -1.85. The van der Waals surface area contributed by atoms with Gasteiger partial charge in [-0.05, 0) is 12.1 Å². The van der Waals surface area contributed by atoms with Crippen LogP contribution in [0.4, 0.5) is 0 Å². The summed E-state index contributed by atoms with van der Waals surface area (Å²) in [5.41, 5.74) is 0.600.